The molecule has 27 heavy (non-hydrogen) atoms. The Labute approximate surface area is 161 Å². The van der Waals surface area contributed by atoms with Crippen LogP contribution in [0.5, 0.6) is 0 Å². The second kappa shape index (κ2) is 7.37. The van der Waals surface area contributed by atoms with Crippen LogP contribution in [-0.2, 0) is 13.6 Å². The van der Waals surface area contributed by atoms with Crippen molar-refractivity contribution in [2.75, 3.05) is 0 Å². The highest BCUT2D eigenvalue weighted by molar-refractivity contribution is 7.13. The predicted octanol–water partition coefficient (Wildman–Crippen LogP) is 3.34. The maximum absolute atomic E-state index is 13.9. The number of halogens is 1. The largest absolute Gasteiger partial charge is 0.319 e. The smallest absolute Gasteiger partial charge is 0.299 e. The van der Waals surface area contributed by atoms with E-state index in [4.69, 9.17) is 0 Å². The zero-order valence-corrected chi connectivity index (χ0v) is 15.9. The lowest BCUT2D eigenvalue weighted by Gasteiger charge is -2.04. The van der Waals surface area contributed by atoms with Gasteiger partial charge in [-0.15, -0.1) is 22.7 Å². The van der Waals surface area contributed by atoms with Crippen molar-refractivity contribution in [1.29, 1.82) is 0 Å². The Bertz CT molecular complexity index is 1170. The van der Waals surface area contributed by atoms with E-state index >= 15 is 0 Å². The van der Waals surface area contributed by atoms with Crippen LogP contribution < -0.4 is 4.80 Å². The summed E-state index contributed by atoms with van der Waals surface area (Å²) >= 11 is 2.69. The highest BCUT2D eigenvalue weighted by Gasteiger charge is 2.13. The molecule has 0 aliphatic rings. The lowest BCUT2D eigenvalue weighted by atomic mass is 10.2. The van der Waals surface area contributed by atoms with E-state index in [-0.39, 0.29) is 11.5 Å². The van der Waals surface area contributed by atoms with Crippen molar-refractivity contribution in [3.05, 3.63) is 75.5 Å². The number of carbonyl (C=O) groups is 1. The standard InChI is InChI=1S/C18H14FN5OS2/c1-23-9-13(8-20-23)17-21-15(11-27-17)16(25)22-18-24(6-7-26-18)10-12-4-2-3-5-14(12)19/h2-9,11H,10H2,1H3. The molecule has 1 aromatic carbocycles. The summed E-state index contributed by atoms with van der Waals surface area (Å²) in [6.45, 7) is 0.306. The van der Waals surface area contributed by atoms with Gasteiger partial charge in [-0.05, 0) is 6.07 Å². The maximum atomic E-state index is 13.9. The van der Waals surface area contributed by atoms with Gasteiger partial charge in [-0.3, -0.25) is 9.48 Å². The molecular weight excluding hydrogens is 385 g/mol. The molecule has 6 nitrogen and oxygen atoms in total. The van der Waals surface area contributed by atoms with Gasteiger partial charge in [-0.25, -0.2) is 9.37 Å². The lowest BCUT2D eigenvalue weighted by Crippen LogP contribution is -2.17. The molecule has 0 saturated heterocycles. The van der Waals surface area contributed by atoms with E-state index < -0.39 is 5.91 Å². The van der Waals surface area contributed by atoms with Crippen molar-refractivity contribution in [2.24, 2.45) is 12.0 Å². The topological polar surface area (TPSA) is 65.1 Å². The molecule has 3 aromatic heterocycles. The quantitative estimate of drug-likeness (QED) is 0.529. The van der Waals surface area contributed by atoms with Crippen LogP contribution in [0.1, 0.15) is 16.1 Å². The highest BCUT2D eigenvalue weighted by atomic mass is 32.1. The summed E-state index contributed by atoms with van der Waals surface area (Å²) in [5, 5.41) is 8.32. The molecule has 0 atom stereocenters. The molecule has 0 unspecified atom stereocenters. The van der Waals surface area contributed by atoms with Crippen molar-refractivity contribution in [2.45, 2.75) is 6.54 Å². The third-order valence-corrected chi connectivity index (χ3v) is 5.52. The third-order valence-electron chi connectivity index (χ3n) is 3.83. The first-order chi connectivity index (χ1) is 13.1. The Hall–Kier alpha value is -2.91. The minimum absolute atomic E-state index is 0.282. The van der Waals surface area contributed by atoms with Crippen LogP contribution in [0.25, 0.3) is 10.6 Å². The van der Waals surface area contributed by atoms with Crippen molar-refractivity contribution < 1.29 is 9.18 Å². The van der Waals surface area contributed by atoms with Gasteiger partial charge in [-0.2, -0.15) is 10.1 Å². The van der Waals surface area contributed by atoms with Crippen molar-refractivity contribution in [1.82, 2.24) is 19.3 Å². The Balaban J connectivity index is 1.59. The lowest BCUT2D eigenvalue weighted by molar-refractivity contribution is 0.0994. The molecule has 4 rings (SSSR count). The van der Waals surface area contributed by atoms with Crippen LogP contribution in [0.2, 0.25) is 0 Å². The molecule has 0 radical (unpaired) electrons. The second-order valence-electron chi connectivity index (χ2n) is 5.76. The fourth-order valence-electron chi connectivity index (χ4n) is 2.50. The SMILES string of the molecule is Cn1cc(-c2nc(C(=O)N=c3sccn3Cc3ccccc3F)cs2)cn1. The van der Waals surface area contributed by atoms with Crippen LogP contribution in [0.15, 0.2) is 58.6 Å². The van der Waals surface area contributed by atoms with E-state index in [1.165, 1.54) is 28.7 Å². The van der Waals surface area contributed by atoms with Crippen LogP contribution in [0, 0.1) is 5.82 Å². The summed E-state index contributed by atoms with van der Waals surface area (Å²) in [5.41, 5.74) is 1.68. The molecule has 0 fully saturated rings. The van der Waals surface area contributed by atoms with Gasteiger partial charge >= 0.3 is 0 Å². The molecule has 0 bridgehead atoms. The molecule has 9 heteroatoms. The monoisotopic (exact) mass is 399 g/mol. The van der Waals surface area contributed by atoms with Gasteiger partial charge in [0.05, 0.1) is 12.7 Å². The number of rotatable bonds is 4. The van der Waals surface area contributed by atoms with Gasteiger partial charge in [0.15, 0.2) is 4.80 Å². The predicted molar refractivity (Wildman–Crippen MR) is 102 cm³/mol. The van der Waals surface area contributed by atoms with E-state index in [2.05, 4.69) is 15.1 Å². The van der Waals surface area contributed by atoms with E-state index in [9.17, 15) is 9.18 Å². The number of aryl methyl sites for hydroxylation is 1. The Morgan fingerprint density at radius 1 is 1.30 bits per heavy atom. The van der Waals surface area contributed by atoms with Gasteiger partial charge < -0.3 is 4.57 Å². The number of benzene rings is 1. The summed E-state index contributed by atoms with van der Waals surface area (Å²) in [6.07, 6.45) is 5.32. The van der Waals surface area contributed by atoms with Crippen molar-refractivity contribution in [3.63, 3.8) is 0 Å². The molecular formula is C18H14FN5OS2. The summed E-state index contributed by atoms with van der Waals surface area (Å²) in [6, 6.07) is 6.56. The molecule has 3 heterocycles. The molecule has 0 aliphatic carbocycles. The number of nitrogens with zero attached hydrogens (tertiary/aromatic N) is 5. The number of carbonyl (C=O) groups excluding carboxylic acids is 1. The van der Waals surface area contributed by atoms with Crippen molar-refractivity contribution in [3.8, 4) is 10.6 Å². The van der Waals surface area contributed by atoms with Crippen molar-refractivity contribution >= 4 is 28.6 Å². The summed E-state index contributed by atoms with van der Waals surface area (Å²) in [5.74, 6) is -0.708. The number of thiazole rings is 2. The van der Waals surface area contributed by atoms with Crippen LogP contribution in [-0.4, -0.2) is 25.2 Å². The summed E-state index contributed by atoms with van der Waals surface area (Å²) in [7, 11) is 1.82. The first-order valence-corrected chi connectivity index (χ1v) is 9.77. The van der Waals surface area contributed by atoms with Crippen LogP contribution in [0.4, 0.5) is 4.39 Å². The maximum Gasteiger partial charge on any atom is 0.299 e. The minimum atomic E-state index is -0.425. The molecule has 0 aliphatic heterocycles. The number of aromatic nitrogens is 4. The number of hydrogen-bond acceptors (Lipinski definition) is 5. The Morgan fingerprint density at radius 2 is 2.15 bits per heavy atom. The molecule has 4 aromatic rings. The third kappa shape index (κ3) is 3.79. The Morgan fingerprint density at radius 3 is 2.93 bits per heavy atom. The highest BCUT2D eigenvalue weighted by Crippen LogP contribution is 2.23. The number of amides is 1. The zero-order valence-electron chi connectivity index (χ0n) is 14.2. The van der Waals surface area contributed by atoms with Crippen LogP contribution >= 0.6 is 22.7 Å². The molecule has 1 amide bonds. The Kier molecular flexibility index (Phi) is 4.78. The van der Waals surface area contributed by atoms with E-state index in [0.29, 0.717) is 21.9 Å². The van der Waals surface area contributed by atoms with Gasteiger partial charge in [0.2, 0.25) is 0 Å². The first-order valence-electron chi connectivity index (χ1n) is 8.01. The van der Waals surface area contributed by atoms with Gasteiger partial charge in [0, 0.05) is 41.3 Å². The average molecular weight is 399 g/mol. The van der Waals surface area contributed by atoms with E-state index in [1.54, 1.807) is 45.2 Å². The van der Waals surface area contributed by atoms with Crippen LogP contribution in [0.3, 0.4) is 0 Å². The summed E-state index contributed by atoms with van der Waals surface area (Å²) < 4.78 is 17.3. The second-order valence-corrected chi connectivity index (χ2v) is 7.49. The molecule has 0 spiro atoms. The average Bonchev–Trinajstić information content (AvgIpc) is 3.38. The fraction of sp³-hybridized carbons (Fsp3) is 0.111. The number of hydrogen-bond donors (Lipinski definition) is 0. The summed E-state index contributed by atoms with van der Waals surface area (Å²) in [4.78, 5) is 21.5. The first kappa shape index (κ1) is 17.5. The normalized spacial score (nSPS) is 11.9. The van der Waals surface area contributed by atoms with Gasteiger partial charge in [0.1, 0.15) is 16.5 Å². The molecule has 136 valence electrons. The zero-order chi connectivity index (χ0) is 18.8. The van der Waals surface area contributed by atoms with Gasteiger partial charge in [-0.1, -0.05) is 18.2 Å². The van der Waals surface area contributed by atoms with Gasteiger partial charge in [0.25, 0.3) is 5.91 Å². The molecule has 0 saturated carbocycles. The van der Waals surface area contributed by atoms with E-state index in [1.807, 2.05) is 18.6 Å². The molecule has 0 N–H and O–H groups in total. The van der Waals surface area contributed by atoms with E-state index in [0.717, 1.165) is 5.56 Å². The minimum Gasteiger partial charge on any atom is -0.319 e. The fourth-order valence-corrected chi connectivity index (χ4v) is 3.99.